The van der Waals surface area contributed by atoms with Gasteiger partial charge >= 0.3 is 17.9 Å². The van der Waals surface area contributed by atoms with Gasteiger partial charge in [0.2, 0.25) is 0 Å². The molecule has 0 fully saturated rings. The van der Waals surface area contributed by atoms with Crippen molar-refractivity contribution in [2.24, 2.45) is 11.8 Å². The summed E-state index contributed by atoms with van der Waals surface area (Å²) in [6, 6.07) is 0. The molecule has 6 heteroatoms. The molecule has 0 bridgehead atoms. The molecule has 0 heterocycles. The summed E-state index contributed by atoms with van der Waals surface area (Å²) in [7, 11) is 0. The first kappa shape index (κ1) is 48.4. The van der Waals surface area contributed by atoms with E-state index in [9.17, 15) is 14.4 Å². The Morgan fingerprint density at radius 3 is 1.14 bits per heavy atom. The average Bonchev–Trinajstić information content (AvgIpc) is 3.09. The van der Waals surface area contributed by atoms with Crippen LogP contribution in [0, 0.1) is 11.8 Å². The van der Waals surface area contributed by atoms with Crippen molar-refractivity contribution in [1.29, 1.82) is 0 Å². The van der Waals surface area contributed by atoms with Gasteiger partial charge in [0.1, 0.15) is 13.2 Å². The first-order valence-electron chi connectivity index (χ1n) is 21.8. The van der Waals surface area contributed by atoms with E-state index in [-0.39, 0.29) is 31.1 Å². The van der Waals surface area contributed by atoms with Crippen molar-refractivity contribution in [1.82, 2.24) is 0 Å². The van der Waals surface area contributed by atoms with Crippen molar-refractivity contribution in [2.45, 2.75) is 240 Å². The van der Waals surface area contributed by atoms with Crippen LogP contribution in [0.5, 0.6) is 0 Å². The quantitative estimate of drug-likeness (QED) is 0.0361. The highest BCUT2D eigenvalue weighted by atomic mass is 16.6. The van der Waals surface area contributed by atoms with Gasteiger partial charge in [-0.15, -0.1) is 0 Å². The smallest absolute Gasteiger partial charge is 0.306 e. The lowest BCUT2D eigenvalue weighted by molar-refractivity contribution is -0.167. The van der Waals surface area contributed by atoms with E-state index in [1.165, 1.54) is 122 Å². The summed E-state index contributed by atoms with van der Waals surface area (Å²) in [5.74, 6) is 0.761. The molecule has 6 nitrogen and oxygen atoms in total. The molecule has 0 aliphatic heterocycles. The molecule has 0 amide bonds. The molecule has 0 radical (unpaired) electrons. The maximum Gasteiger partial charge on any atom is 0.306 e. The number of hydrogen-bond acceptors (Lipinski definition) is 6. The summed E-state index contributed by atoms with van der Waals surface area (Å²) in [6.45, 7) is 11.3. The predicted molar refractivity (Wildman–Crippen MR) is 210 cm³/mol. The molecule has 0 aromatic heterocycles. The lowest BCUT2D eigenvalue weighted by Crippen LogP contribution is -2.30. The first-order chi connectivity index (χ1) is 24.3. The van der Waals surface area contributed by atoms with Crippen LogP contribution in [-0.4, -0.2) is 37.2 Å². The third-order valence-corrected chi connectivity index (χ3v) is 10.1. The Morgan fingerprint density at radius 2 is 0.760 bits per heavy atom. The van der Waals surface area contributed by atoms with Crippen molar-refractivity contribution in [3.8, 4) is 0 Å². The topological polar surface area (TPSA) is 78.9 Å². The summed E-state index contributed by atoms with van der Waals surface area (Å²) in [5, 5.41) is 0. The number of rotatable bonds is 38. The molecule has 296 valence electrons. The second-order valence-corrected chi connectivity index (χ2v) is 15.7. The second-order valence-electron chi connectivity index (χ2n) is 15.7. The van der Waals surface area contributed by atoms with E-state index in [0.29, 0.717) is 19.3 Å². The van der Waals surface area contributed by atoms with Crippen LogP contribution >= 0.6 is 0 Å². The number of unbranched alkanes of at least 4 members (excludes halogenated alkanes) is 22. The maximum atomic E-state index is 12.6. The summed E-state index contributed by atoms with van der Waals surface area (Å²) in [4.78, 5) is 37.5. The Balaban J connectivity index is 4.31. The minimum absolute atomic E-state index is 0.0664. The molecule has 0 aliphatic rings. The van der Waals surface area contributed by atoms with E-state index in [4.69, 9.17) is 14.2 Å². The molecule has 0 spiro atoms. The maximum absolute atomic E-state index is 12.6. The van der Waals surface area contributed by atoms with Crippen LogP contribution in [0.2, 0.25) is 0 Å². The van der Waals surface area contributed by atoms with Crippen molar-refractivity contribution in [2.75, 3.05) is 13.2 Å². The number of esters is 3. The Kier molecular flexibility index (Phi) is 36.0. The molecule has 0 aliphatic carbocycles. The fourth-order valence-corrected chi connectivity index (χ4v) is 6.37. The van der Waals surface area contributed by atoms with E-state index in [0.717, 1.165) is 69.6 Å². The van der Waals surface area contributed by atoms with Gasteiger partial charge in [-0.3, -0.25) is 14.4 Å². The van der Waals surface area contributed by atoms with Crippen molar-refractivity contribution in [3.63, 3.8) is 0 Å². The van der Waals surface area contributed by atoms with E-state index in [1.54, 1.807) is 0 Å². The monoisotopic (exact) mass is 709 g/mol. The molecule has 0 saturated heterocycles. The Morgan fingerprint density at radius 1 is 0.420 bits per heavy atom. The summed E-state index contributed by atoms with van der Waals surface area (Å²) < 4.78 is 16.6. The largest absolute Gasteiger partial charge is 0.462 e. The first-order valence-corrected chi connectivity index (χ1v) is 21.8. The van der Waals surface area contributed by atoms with Crippen LogP contribution in [0.4, 0.5) is 0 Å². The summed E-state index contributed by atoms with van der Waals surface area (Å²) >= 11 is 0. The van der Waals surface area contributed by atoms with Crippen LogP contribution < -0.4 is 0 Å². The van der Waals surface area contributed by atoms with Gasteiger partial charge < -0.3 is 14.2 Å². The molecule has 2 atom stereocenters. The Hall–Kier alpha value is -1.59. The van der Waals surface area contributed by atoms with Crippen LogP contribution in [-0.2, 0) is 28.6 Å². The zero-order valence-electron chi connectivity index (χ0n) is 34.0. The van der Waals surface area contributed by atoms with E-state index >= 15 is 0 Å². The van der Waals surface area contributed by atoms with Gasteiger partial charge in [-0.2, -0.15) is 0 Å². The lowest BCUT2D eigenvalue weighted by atomic mass is 9.99. The zero-order valence-corrected chi connectivity index (χ0v) is 34.0. The van der Waals surface area contributed by atoms with Gasteiger partial charge in [0, 0.05) is 19.3 Å². The number of hydrogen-bond donors (Lipinski definition) is 0. The molecule has 0 rings (SSSR count). The zero-order chi connectivity index (χ0) is 36.9. The van der Waals surface area contributed by atoms with Crippen LogP contribution in [0.15, 0.2) is 0 Å². The molecule has 50 heavy (non-hydrogen) atoms. The number of carbonyl (C=O) groups is 3. The van der Waals surface area contributed by atoms with Gasteiger partial charge in [0.05, 0.1) is 0 Å². The third-order valence-electron chi connectivity index (χ3n) is 10.1. The van der Waals surface area contributed by atoms with Gasteiger partial charge in [-0.25, -0.2) is 0 Å². The van der Waals surface area contributed by atoms with Crippen molar-refractivity contribution >= 4 is 17.9 Å². The molecule has 1 unspecified atom stereocenters. The normalized spacial score (nSPS) is 12.6. The molecular formula is C44H84O6. The highest BCUT2D eigenvalue weighted by molar-refractivity contribution is 5.71. The van der Waals surface area contributed by atoms with Crippen molar-refractivity contribution < 1.29 is 28.6 Å². The van der Waals surface area contributed by atoms with Crippen LogP contribution in [0.1, 0.15) is 234 Å². The molecule has 0 N–H and O–H groups in total. The fraction of sp³-hybridized carbons (Fsp3) is 0.932. The standard InChI is InChI=1S/C44H84O6/c1-6-8-9-10-11-14-18-24-29-34-42(45)48-37-41(50-44(47)36-31-26-21-20-22-27-32-39(3)4)38-49-43(46)35-30-25-19-16-13-12-15-17-23-28-33-40(5)7-2/h39-41H,6-38H2,1-5H3/t40?,41-/m0/s1. The number of ether oxygens (including phenoxy) is 3. The van der Waals surface area contributed by atoms with E-state index in [1.807, 2.05) is 0 Å². The highest BCUT2D eigenvalue weighted by Crippen LogP contribution is 2.17. The SMILES string of the molecule is CCCCCCCCCCCC(=O)OC[C@@H](COC(=O)CCCCCCCCCCCCC(C)CC)OC(=O)CCCCCCCCC(C)C. The minimum atomic E-state index is -0.760. The molecule has 0 aromatic rings. The molecule has 0 saturated carbocycles. The lowest BCUT2D eigenvalue weighted by Gasteiger charge is -2.18. The fourth-order valence-electron chi connectivity index (χ4n) is 6.37. The second kappa shape index (κ2) is 37.2. The average molecular weight is 709 g/mol. The number of carbonyl (C=O) groups excluding carboxylic acids is 3. The van der Waals surface area contributed by atoms with Crippen LogP contribution in [0.3, 0.4) is 0 Å². The van der Waals surface area contributed by atoms with Crippen molar-refractivity contribution in [3.05, 3.63) is 0 Å². The van der Waals surface area contributed by atoms with Gasteiger partial charge in [-0.05, 0) is 31.1 Å². The summed E-state index contributed by atoms with van der Waals surface area (Å²) in [5.41, 5.74) is 0. The molecule has 0 aromatic carbocycles. The van der Waals surface area contributed by atoms with Crippen LogP contribution in [0.25, 0.3) is 0 Å². The Labute approximate surface area is 310 Å². The Bertz CT molecular complexity index is 766. The predicted octanol–water partition coefficient (Wildman–Crippen LogP) is 13.4. The van der Waals surface area contributed by atoms with E-state index in [2.05, 4.69) is 34.6 Å². The highest BCUT2D eigenvalue weighted by Gasteiger charge is 2.19. The van der Waals surface area contributed by atoms with Gasteiger partial charge in [0.15, 0.2) is 6.10 Å². The molecular weight excluding hydrogens is 624 g/mol. The summed E-state index contributed by atoms with van der Waals surface area (Å²) in [6.07, 6.45) is 33.8. The van der Waals surface area contributed by atoms with Gasteiger partial charge in [0.25, 0.3) is 0 Å². The minimum Gasteiger partial charge on any atom is -0.462 e. The third kappa shape index (κ3) is 36.2. The van der Waals surface area contributed by atoms with E-state index < -0.39 is 6.10 Å². The van der Waals surface area contributed by atoms with Gasteiger partial charge in [-0.1, -0.05) is 195 Å².